The Kier molecular flexibility index (Phi) is 4.07. The second kappa shape index (κ2) is 5.12. The van der Waals surface area contributed by atoms with Crippen molar-refractivity contribution in [1.29, 1.82) is 0 Å². The molecule has 0 radical (unpaired) electrons. The number of alkyl halides is 1. The summed E-state index contributed by atoms with van der Waals surface area (Å²) in [4.78, 5) is 1.03. The van der Waals surface area contributed by atoms with Gasteiger partial charge in [-0.1, -0.05) is 13.8 Å². The van der Waals surface area contributed by atoms with Crippen molar-refractivity contribution in [3.05, 3.63) is 17.0 Å². The summed E-state index contributed by atoms with van der Waals surface area (Å²) in [5.74, 6) is 0.525. The van der Waals surface area contributed by atoms with Crippen LogP contribution in [-0.2, 0) is 16.4 Å². The Morgan fingerprint density at radius 3 is 2.72 bits per heavy atom. The fourth-order valence-corrected chi connectivity index (χ4v) is 5.57. The van der Waals surface area contributed by atoms with Gasteiger partial charge in [0, 0.05) is 23.8 Å². The van der Waals surface area contributed by atoms with Gasteiger partial charge in [-0.2, -0.15) is 4.31 Å². The summed E-state index contributed by atoms with van der Waals surface area (Å²) in [5.41, 5.74) is 0.0866. The minimum Gasteiger partial charge on any atom is -0.206 e. The highest BCUT2D eigenvalue weighted by molar-refractivity contribution is 7.91. The van der Waals surface area contributed by atoms with Crippen LogP contribution in [0.1, 0.15) is 25.1 Å². The SMILES string of the molecule is CC1(C)CCN(S(=O)(=O)c2ccc(CCCl)s2)C1. The van der Waals surface area contributed by atoms with Gasteiger partial charge in [-0.25, -0.2) is 8.42 Å². The van der Waals surface area contributed by atoms with E-state index in [1.807, 2.05) is 6.07 Å². The minimum atomic E-state index is -3.30. The number of aryl methyl sites for hydroxylation is 1. The van der Waals surface area contributed by atoms with Gasteiger partial charge in [0.15, 0.2) is 0 Å². The lowest BCUT2D eigenvalue weighted by molar-refractivity contribution is 0.376. The van der Waals surface area contributed by atoms with Crippen LogP contribution in [0.15, 0.2) is 16.3 Å². The molecule has 0 aromatic carbocycles. The highest BCUT2D eigenvalue weighted by Gasteiger charge is 2.37. The first-order chi connectivity index (χ1) is 8.35. The number of hydrogen-bond acceptors (Lipinski definition) is 3. The Morgan fingerprint density at radius 2 is 2.17 bits per heavy atom. The van der Waals surface area contributed by atoms with Crippen LogP contribution in [0.2, 0.25) is 0 Å². The third kappa shape index (κ3) is 2.90. The summed E-state index contributed by atoms with van der Waals surface area (Å²) >= 11 is 7.01. The van der Waals surface area contributed by atoms with Gasteiger partial charge in [0.1, 0.15) is 4.21 Å². The number of rotatable bonds is 4. The standard InChI is InChI=1S/C12H18ClNO2S2/c1-12(2)6-8-14(9-12)18(15,16)11-4-3-10(17-11)5-7-13/h3-4H,5-9H2,1-2H3. The van der Waals surface area contributed by atoms with Gasteiger partial charge >= 0.3 is 0 Å². The van der Waals surface area contributed by atoms with Crippen LogP contribution in [-0.4, -0.2) is 31.7 Å². The summed E-state index contributed by atoms with van der Waals surface area (Å²) in [5, 5.41) is 0. The summed E-state index contributed by atoms with van der Waals surface area (Å²) < 4.78 is 26.9. The third-order valence-corrected chi connectivity index (χ3v) is 6.86. The summed E-state index contributed by atoms with van der Waals surface area (Å²) in [6.45, 7) is 5.45. The molecule has 18 heavy (non-hydrogen) atoms. The molecule has 102 valence electrons. The Morgan fingerprint density at radius 1 is 1.44 bits per heavy atom. The van der Waals surface area contributed by atoms with Crippen LogP contribution in [0.4, 0.5) is 0 Å². The number of nitrogens with zero attached hydrogens (tertiary/aromatic N) is 1. The van der Waals surface area contributed by atoms with E-state index in [-0.39, 0.29) is 5.41 Å². The molecule has 0 atom stereocenters. The van der Waals surface area contributed by atoms with E-state index in [2.05, 4.69) is 13.8 Å². The predicted molar refractivity (Wildman–Crippen MR) is 75.9 cm³/mol. The second-order valence-corrected chi connectivity index (χ2v) is 9.12. The van der Waals surface area contributed by atoms with Gasteiger partial charge in [0.05, 0.1) is 0 Å². The third-order valence-electron chi connectivity index (χ3n) is 3.21. The second-order valence-electron chi connectivity index (χ2n) is 5.41. The molecule has 1 aromatic heterocycles. The van der Waals surface area contributed by atoms with Crippen LogP contribution in [0.3, 0.4) is 0 Å². The van der Waals surface area contributed by atoms with E-state index < -0.39 is 10.0 Å². The first kappa shape index (κ1) is 14.3. The van der Waals surface area contributed by atoms with Gasteiger partial charge in [-0.15, -0.1) is 22.9 Å². The van der Waals surface area contributed by atoms with Gasteiger partial charge < -0.3 is 0 Å². The van der Waals surface area contributed by atoms with E-state index in [9.17, 15) is 8.42 Å². The van der Waals surface area contributed by atoms with Crippen LogP contribution >= 0.6 is 22.9 Å². The molecule has 0 spiro atoms. The molecule has 1 aliphatic rings. The number of halogens is 1. The lowest BCUT2D eigenvalue weighted by Gasteiger charge is -2.18. The molecule has 1 saturated heterocycles. The molecule has 1 aromatic rings. The maximum Gasteiger partial charge on any atom is 0.252 e. The molecule has 3 nitrogen and oxygen atoms in total. The average Bonchev–Trinajstić information content (AvgIpc) is 2.86. The predicted octanol–water partition coefficient (Wildman–Crippen LogP) is 2.95. The lowest BCUT2D eigenvalue weighted by Crippen LogP contribution is -2.29. The number of hydrogen-bond donors (Lipinski definition) is 0. The molecule has 2 rings (SSSR count). The minimum absolute atomic E-state index is 0.0866. The molecule has 1 fully saturated rings. The largest absolute Gasteiger partial charge is 0.252 e. The monoisotopic (exact) mass is 307 g/mol. The van der Waals surface area contributed by atoms with E-state index in [1.165, 1.54) is 11.3 Å². The Bertz CT molecular complexity index is 522. The van der Waals surface area contributed by atoms with Crippen LogP contribution in [0.5, 0.6) is 0 Å². The van der Waals surface area contributed by atoms with Crippen molar-refractivity contribution in [3.8, 4) is 0 Å². The first-order valence-electron chi connectivity index (χ1n) is 6.00. The van der Waals surface area contributed by atoms with Crippen molar-refractivity contribution < 1.29 is 8.42 Å². The van der Waals surface area contributed by atoms with Crippen molar-refractivity contribution >= 4 is 33.0 Å². The zero-order valence-corrected chi connectivity index (χ0v) is 13.0. The van der Waals surface area contributed by atoms with Crippen LogP contribution in [0.25, 0.3) is 0 Å². The summed E-state index contributed by atoms with van der Waals surface area (Å²) in [6.07, 6.45) is 1.65. The molecule has 2 heterocycles. The topological polar surface area (TPSA) is 37.4 Å². The molecular formula is C12H18ClNO2S2. The van der Waals surface area contributed by atoms with Crippen molar-refractivity contribution in [2.45, 2.75) is 30.9 Å². The molecule has 0 N–H and O–H groups in total. The van der Waals surface area contributed by atoms with E-state index in [4.69, 9.17) is 11.6 Å². The molecular weight excluding hydrogens is 290 g/mol. The molecule has 0 aliphatic carbocycles. The van der Waals surface area contributed by atoms with E-state index in [0.29, 0.717) is 23.2 Å². The number of thiophene rings is 1. The molecule has 0 bridgehead atoms. The van der Waals surface area contributed by atoms with Gasteiger partial charge in [-0.05, 0) is 30.4 Å². The zero-order valence-electron chi connectivity index (χ0n) is 10.6. The Balaban J connectivity index is 2.20. The first-order valence-corrected chi connectivity index (χ1v) is 8.79. The van der Waals surface area contributed by atoms with Crippen molar-refractivity contribution in [1.82, 2.24) is 4.31 Å². The van der Waals surface area contributed by atoms with Crippen LogP contribution < -0.4 is 0 Å². The van der Waals surface area contributed by atoms with Crippen LogP contribution in [0, 0.1) is 5.41 Å². The molecule has 0 unspecified atom stereocenters. The van der Waals surface area contributed by atoms with Gasteiger partial charge in [0.25, 0.3) is 10.0 Å². The fraction of sp³-hybridized carbons (Fsp3) is 0.667. The maximum atomic E-state index is 12.4. The molecule has 0 amide bonds. The van der Waals surface area contributed by atoms with E-state index in [1.54, 1.807) is 10.4 Å². The average molecular weight is 308 g/mol. The van der Waals surface area contributed by atoms with Crippen molar-refractivity contribution in [2.24, 2.45) is 5.41 Å². The Hall–Kier alpha value is -0.100. The highest BCUT2D eigenvalue weighted by Crippen LogP contribution is 2.34. The van der Waals surface area contributed by atoms with E-state index >= 15 is 0 Å². The lowest BCUT2D eigenvalue weighted by atomic mass is 9.93. The quantitative estimate of drug-likeness (QED) is 0.802. The van der Waals surface area contributed by atoms with Gasteiger partial charge in [0.2, 0.25) is 0 Å². The zero-order chi connectivity index (χ0) is 13.4. The molecule has 0 saturated carbocycles. The van der Waals surface area contributed by atoms with E-state index in [0.717, 1.165) is 17.7 Å². The van der Waals surface area contributed by atoms with Crippen molar-refractivity contribution in [3.63, 3.8) is 0 Å². The fourth-order valence-electron chi connectivity index (χ4n) is 2.12. The smallest absolute Gasteiger partial charge is 0.206 e. The maximum absolute atomic E-state index is 12.4. The van der Waals surface area contributed by atoms with Gasteiger partial charge in [-0.3, -0.25) is 0 Å². The number of sulfonamides is 1. The Labute approximate surface area is 118 Å². The highest BCUT2D eigenvalue weighted by atomic mass is 35.5. The molecule has 1 aliphatic heterocycles. The molecule has 6 heteroatoms. The normalized spacial score (nSPS) is 20.4. The summed E-state index contributed by atoms with van der Waals surface area (Å²) in [7, 11) is -3.30. The van der Waals surface area contributed by atoms with Crippen molar-refractivity contribution in [2.75, 3.05) is 19.0 Å². The summed E-state index contributed by atoms with van der Waals surface area (Å²) in [6, 6.07) is 3.56.